The fraction of sp³-hybridized carbons (Fsp3) is 0.412. The van der Waals surface area contributed by atoms with Crippen molar-refractivity contribution < 1.29 is 9.94 Å². The molecule has 1 aromatic rings. The zero-order chi connectivity index (χ0) is 17.1. The van der Waals surface area contributed by atoms with Crippen LogP contribution in [0.25, 0.3) is 0 Å². The third kappa shape index (κ3) is 6.99. The van der Waals surface area contributed by atoms with Crippen LogP contribution in [0.1, 0.15) is 25.8 Å². The van der Waals surface area contributed by atoms with Crippen LogP contribution >= 0.6 is 11.8 Å². The molecule has 0 aliphatic heterocycles. The molecule has 6 heteroatoms. The minimum atomic E-state index is 0.574. The molecule has 0 saturated carbocycles. The second-order valence-electron chi connectivity index (χ2n) is 5.06. The van der Waals surface area contributed by atoms with Crippen LogP contribution in [0.2, 0.25) is 0 Å². The number of aliphatic imine (C=N–C) groups is 2. The van der Waals surface area contributed by atoms with Crippen molar-refractivity contribution in [2.24, 2.45) is 9.98 Å². The Morgan fingerprint density at radius 3 is 2.87 bits per heavy atom. The molecule has 0 amide bonds. The monoisotopic (exact) mass is 335 g/mol. The molecular formula is C17H25N3O2S. The normalized spacial score (nSPS) is 12.9. The van der Waals surface area contributed by atoms with Crippen molar-refractivity contribution in [3.63, 3.8) is 0 Å². The number of thioether (sulfide) groups is 1. The molecule has 0 spiro atoms. The Hall–Kier alpha value is -1.63. The van der Waals surface area contributed by atoms with E-state index in [-0.39, 0.29) is 0 Å². The maximum Gasteiger partial charge on any atom is 0.0892 e. The van der Waals surface area contributed by atoms with Crippen LogP contribution in [0.4, 0.5) is 11.4 Å². The average Bonchev–Trinajstić information content (AvgIpc) is 2.54. The second kappa shape index (κ2) is 11.0. The number of nitrogens with zero attached hydrogens (tertiary/aromatic N) is 2. The number of benzene rings is 1. The Bertz CT molecular complexity index is 583. The number of methoxy groups -OCH3 is 1. The first kappa shape index (κ1) is 19.4. The zero-order valence-corrected chi connectivity index (χ0v) is 15.0. The van der Waals surface area contributed by atoms with Crippen LogP contribution in [-0.2, 0) is 4.74 Å². The summed E-state index contributed by atoms with van der Waals surface area (Å²) in [4.78, 5) is 8.90. The fourth-order valence-corrected chi connectivity index (χ4v) is 2.57. The molecule has 126 valence electrons. The van der Waals surface area contributed by atoms with Gasteiger partial charge in [-0.15, -0.1) is 11.8 Å². The number of anilines is 1. The van der Waals surface area contributed by atoms with Gasteiger partial charge in [-0.05, 0) is 43.5 Å². The summed E-state index contributed by atoms with van der Waals surface area (Å²) in [5.41, 5.74) is 8.44. The molecule has 0 aromatic heterocycles. The van der Waals surface area contributed by atoms with Gasteiger partial charge in [0.1, 0.15) is 0 Å². The highest BCUT2D eigenvalue weighted by Crippen LogP contribution is 2.26. The molecule has 0 heterocycles. The first-order valence-corrected chi connectivity index (χ1v) is 8.52. The Labute approximate surface area is 142 Å². The quantitative estimate of drug-likeness (QED) is 0.393. The van der Waals surface area contributed by atoms with Gasteiger partial charge < -0.3 is 4.74 Å². The van der Waals surface area contributed by atoms with Crippen molar-refractivity contribution in [1.29, 1.82) is 0 Å². The Morgan fingerprint density at radius 1 is 1.43 bits per heavy atom. The molecule has 23 heavy (non-hydrogen) atoms. The van der Waals surface area contributed by atoms with Gasteiger partial charge in [0.15, 0.2) is 0 Å². The highest BCUT2D eigenvalue weighted by molar-refractivity contribution is 8.12. The SMILES string of the molecule is CCC=N/C(CSC=Nc1cc(C)ccc1NO)=C(/C)COC. The van der Waals surface area contributed by atoms with Gasteiger partial charge in [-0.3, -0.25) is 15.7 Å². The number of nitrogens with one attached hydrogen (secondary N) is 1. The van der Waals surface area contributed by atoms with Gasteiger partial charge in [0.05, 0.1) is 29.2 Å². The predicted molar refractivity (Wildman–Crippen MR) is 101 cm³/mol. The molecule has 0 radical (unpaired) electrons. The van der Waals surface area contributed by atoms with Gasteiger partial charge in [0.25, 0.3) is 0 Å². The van der Waals surface area contributed by atoms with Gasteiger partial charge in [-0.25, -0.2) is 4.99 Å². The Balaban J connectivity index is 2.74. The topological polar surface area (TPSA) is 66.2 Å². The van der Waals surface area contributed by atoms with Crippen molar-refractivity contribution in [3.05, 3.63) is 35.0 Å². The molecule has 0 bridgehead atoms. The van der Waals surface area contributed by atoms with Gasteiger partial charge in [0.2, 0.25) is 0 Å². The summed E-state index contributed by atoms with van der Waals surface area (Å²) in [6.45, 7) is 6.65. The summed E-state index contributed by atoms with van der Waals surface area (Å²) in [5.74, 6) is 0.725. The van der Waals surface area contributed by atoms with E-state index in [2.05, 4.69) is 22.4 Å². The van der Waals surface area contributed by atoms with Crippen molar-refractivity contribution >= 4 is 34.9 Å². The van der Waals surface area contributed by atoms with E-state index in [1.54, 1.807) is 30.5 Å². The summed E-state index contributed by atoms with van der Waals surface area (Å²) in [6.07, 6.45) is 2.80. The van der Waals surface area contributed by atoms with Crippen LogP contribution in [0.15, 0.2) is 39.5 Å². The maximum atomic E-state index is 9.11. The summed E-state index contributed by atoms with van der Waals surface area (Å²) < 4.78 is 5.17. The molecule has 0 atom stereocenters. The van der Waals surface area contributed by atoms with Crippen molar-refractivity contribution in [2.75, 3.05) is 24.9 Å². The highest BCUT2D eigenvalue weighted by atomic mass is 32.2. The molecule has 0 aliphatic carbocycles. The summed E-state index contributed by atoms with van der Waals surface area (Å²) in [5, 5.41) is 9.11. The first-order chi connectivity index (χ1) is 11.1. The number of hydrogen-bond acceptors (Lipinski definition) is 6. The molecule has 0 aliphatic rings. The van der Waals surface area contributed by atoms with Crippen LogP contribution in [0, 0.1) is 6.92 Å². The fourth-order valence-electron chi connectivity index (χ4n) is 1.83. The summed E-state index contributed by atoms with van der Waals surface area (Å²) >= 11 is 1.56. The van der Waals surface area contributed by atoms with E-state index in [0.717, 1.165) is 29.0 Å². The molecule has 0 fully saturated rings. The van der Waals surface area contributed by atoms with E-state index in [1.165, 1.54) is 0 Å². The lowest BCUT2D eigenvalue weighted by Crippen LogP contribution is -1.97. The standard InChI is InChI=1S/C17H25N3O2S/c1-5-8-18-17(14(3)10-22-4)11-23-12-19-16-9-13(2)6-7-15(16)20-21/h6-9,12,20-21H,5,10-11H2,1-4H3/b17-14-,18-8?,19-12?. The van der Waals surface area contributed by atoms with E-state index in [9.17, 15) is 0 Å². The minimum Gasteiger partial charge on any atom is -0.380 e. The third-order valence-electron chi connectivity index (χ3n) is 3.04. The number of rotatable bonds is 9. The molecule has 0 unspecified atom stereocenters. The predicted octanol–water partition coefficient (Wildman–Crippen LogP) is 4.59. The van der Waals surface area contributed by atoms with Crippen LogP contribution < -0.4 is 5.48 Å². The molecule has 0 saturated heterocycles. The highest BCUT2D eigenvalue weighted by Gasteiger charge is 2.02. The average molecular weight is 335 g/mol. The molecule has 2 N–H and O–H groups in total. The van der Waals surface area contributed by atoms with Crippen molar-refractivity contribution in [3.8, 4) is 0 Å². The van der Waals surface area contributed by atoms with Crippen molar-refractivity contribution in [1.82, 2.24) is 0 Å². The van der Waals surface area contributed by atoms with Crippen molar-refractivity contribution in [2.45, 2.75) is 27.2 Å². The van der Waals surface area contributed by atoms with Gasteiger partial charge in [-0.1, -0.05) is 13.0 Å². The van der Waals surface area contributed by atoms with E-state index in [0.29, 0.717) is 18.0 Å². The lowest BCUT2D eigenvalue weighted by atomic mass is 10.2. The van der Waals surface area contributed by atoms with E-state index >= 15 is 0 Å². The zero-order valence-electron chi connectivity index (χ0n) is 14.2. The number of ether oxygens (including phenoxy) is 1. The van der Waals surface area contributed by atoms with Crippen LogP contribution in [0.5, 0.6) is 0 Å². The van der Waals surface area contributed by atoms with Crippen LogP contribution in [0.3, 0.4) is 0 Å². The third-order valence-corrected chi connectivity index (χ3v) is 3.74. The Morgan fingerprint density at radius 2 is 2.22 bits per heavy atom. The molecule has 1 rings (SSSR count). The Kier molecular flexibility index (Phi) is 9.28. The lowest BCUT2D eigenvalue weighted by molar-refractivity contribution is 0.225. The van der Waals surface area contributed by atoms with Crippen LogP contribution in [-0.4, -0.2) is 36.4 Å². The second-order valence-corrected chi connectivity index (χ2v) is 5.89. The molecular weight excluding hydrogens is 310 g/mol. The first-order valence-electron chi connectivity index (χ1n) is 7.47. The molecule has 5 nitrogen and oxygen atoms in total. The van der Waals surface area contributed by atoms with Gasteiger partial charge in [-0.2, -0.15) is 0 Å². The van der Waals surface area contributed by atoms with E-state index < -0.39 is 0 Å². The van der Waals surface area contributed by atoms with Gasteiger partial charge in [0, 0.05) is 19.1 Å². The van der Waals surface area contributed by atoms with Gasteiger partial charge >= 0.3 is 0 Å². The van der Waals surface area contributed by atoms with E-state index in [4.69, 9.17) is 9.94 Å². The number of aryl methyl sites for hydroxylation is 1. The van der Waals surface area contributed by atoms with E-state index in [1.807, 2.05) is 32.2 Å². The largest absolute Gasteiger partial charge is 0.380 e. The summed E-state index contributed by atoms with van der Waals surface area (Å²) in [7, 11) is 1.68. The molecule has 1 aromatic carbocycles. The lowest BCUT2D eigenvalue weighted by Gasteiger charge is -2.06. The number of hydrogen-bond donors (Lipinski definition) is 2. The smallest absolute Gasteiger partial charge is 0.0892 e. The summed E-state index contributed by atoms with van der Waals surface area (Å²) in [6, 6.07) is 5.63. The minimum absolute atomic E-state index is 0.574. The maximum absolute atomic E-state index is 9.11.